The third-order valence-corrected chi connectivity index (χ3v) is 4.64. The molecule has 2 heterocycles. The number of aromatic nitrogens is 4. The highest BCUT2D eigenvalue weighted by Gasteiger charge is 2.18. The summed E-state index contributed by atoms with van der Waals surface area (Å²) in [5.74, 6) is -1.20. The van der Waals surface area contributed by atoms with Gasteiger partial charge in [0.05, 0.1) is 28.5 Å². The summed E-state index contributed by atoms with van der Waals surface area (Å²) < 4.78 is 7.73. The second-order valence-electron chi connectivity index (χ2n) is 5.81. The SMILES string of the molecule is CCOC(=O)c1nn(-c2ccc([N+](=O)[O-])cc2)c(=NC(=O)c2cn(C)nc2C)s1. The molecule has 0 N–H and O–H groups in total. The standard InChI is InChI=1S/C17H16N6O5S/c1-4-28-16(25)15-20-22(11-5-7-12(8-6-11)23(26)27)17(29-15)18-14(24)13-9-21(3)19-10(13)2/h5-9H,4H2,1-3H3. The molecule has 2 aromatic heterocycles. The van der Waals surface area contributed by atoms with Crippen molar-refractivity contribution in [2.75, 3.05) is 6.61 Å². The summed E-state index contributed by atoms with van der Waals surface area (Å²) in [7, 11) is 1.69. The smallest absolute Gasteiger partial charge is 0.369 e. The molecule has 29 heavy (non-hydrogen) atoms. The molecule has 0 atom stereocenters. The maximum Gasteiger partial charge on any atom is 0.369 e. The van der Waals surface area contributed by atoms with E-state index in [1.807, 2.05) is 0 Å². The third-order valence-electron chi connectivity index (χ3n) is 3.76. The number of nitro benzene ring substituents is 1. The van der Waals surface area contributed by atoms with E-state index in [4.69, 9.17) is 4.74 Å². The fourth-order valence-electron chi connectivity index (χ4n) is 2.47. The number of non-ortho nitro benzene ring substituents is 1. The third kappa shape index (κ3) is 4.27. The summed E-state index contributed by atoms with van der Waals surface area (Å²) in [4.78, 5) is 39.2. The number of carbonyl (C=O) groups excluding carboxylic acids is 2. The van der Waals surface area contributed by atoms with E-state index in [-0.39, 0.29) is 22.1 Å². The van der Waals surface area contributed by atoms with E-state index in [2.05, 4.69) is 15.2 Å². The van der Waals surface area contributed by atoms with Crippen molar-refractivity contribution in [3.8, 4) is 5.69 Å². The average Bonchev–Trinajstić information content (AvgIpc) is 3.24. The number of esters is 1. The fraction of sp³-hybridized carbons (Fsp3) is 0.235. The summed E-state index contributed by atoms with van der Waals surface area (Å²) in [6.07, 6.45) is 1.55. The minimum atomic E-state index is -0.653. The Bertz CT molecular complexity index is 1160. The van der Waals surface area contributed by atoms with Gasteiger partial charge in [-0.2, -0.15) is 10.1 Å². The highest BCUT2D eigenvalue weighted by Crippen LogP contribution is 2.15. The van der Waals surface area contributed by atoms with Crippen molar-refractivity contribution in [2.45, 2.75) is 13.8 Å². The quantitative estimate of drug-likeness (QED) is 0.351. The molecule has 1 aromatic carbocycles. The number of amides is 1. The predicted octanol–water partition coefficient (Wildman–Crippen LogP) is 1.80. The van der Waals surface area contributed by atoms with Crippen LogP contribution in [-0.2, 0) is 11.8 Å². The second-order valence-corrected chi connectivity index (χ2v) is 6.77. The fourth-order valence-corrected chi connectivity index (χ4v) is 3.27. The van der Waals surface area contributed by atoms with E-state index < -0.39 is 16.8 Å². The Morgan fingerprint density at radius 1 is 1.28 bits per heavy atom. The highest BCUT2D eigenvalue weighted by atomic mass is 32.1. The first-order chi connectivity index (χ1) is 13.8. The summed E-state index contributed by atoms with van der Waals surface area (Å²) in [5, 5.41) is 19.2. The number of hydrogen-bond donors (Lipinski definition) is 0. The van der Waals surface area contributed by atoms with Crippen LogP contribution in [0.25, 0.3) is 5.69 Å². The Morgan fingerprint density at radius 2 is 1.97 bits per heavy atom. The molecule has 0 aliphatic carbocycles. The van der Waals surface area contributed by atoms with Crippen LogP contribution < -0.4 is 4.80 Å². The second kappa shape index (κ2) is 8.14. The van der Waals surface area contributed by atoms with Crippen molar-refractivity contribution in [1.29, 1.82) is 0 Å². The lowest BCUT2D eigenvalue weighted by Gasteiger charge is -2.01. The largest absolute Gasteiger partial charge is 0.461 e. The zero-order valence-electron chi connectivity index (χ0n) is 15.7. The first-order valence-electron chi connectivity index (χ1n) is 8.41. The molecular formula is C17H16N6O5S. The predicted molar refractivity (Wildman–Crippen MR) is 102 cm³/mol. The Labute approximate surface area is 168 Å². The van der Waals surface area contributed by atoms with Crippen LogP contribution in [0.1, 0.15) is 32.8 Å². The van der Waals surface area contributed by atoms with Crippen LogP contribution in [0.4, 0.5) is 5.69 Å². The van der Waals surface area contributed by atoms with Gasteiger partial charge in [0.15, 0.2) is 0 Å². The number of benzene rings is 1. The zero-order chi connectivity index (χ0) is 21.1. The van der Waals surface area contributed by atoms with Gasteiger partial charge < -0.3 is 4.74 Å². The van der Waals surface area contributed by atoms with Crippen molar-refractivity contribution in [3.05, 3.63) is 61.6 Å². The first-order valence-corrected chi connectivity index (χ1v) is 9.23. The van der Waals surface area contributed by atoms with Gasteiger partial charge in [0, 0.05) is 25.4 Å². The van der Waals surface area contributed by atoms with Gasteiger partial charge in [-0.25, -0.2) is 9.48 Å². The molecule has 0 aliphatic heterocycles. The molecule has 0 saturated carbocycles. The van der Waals surface area contributed by atoms with E-state index in [0.717, 1.165) is 11.3 Å². The van der Waals surface area contributed by atoms with Crippen molar-refractivity contribution in [2.24, 2.45) is 12.0 Å². The molecule has 3 aromatic rings. The summed E-state index contributed by atoms with van der Waals surface area (Å²) in [6.45, 7) is 3.51. The van der Waals surface area contributed by atoms with Crippen LogP contribution >= 0.6 is 11.3 Å². The number of hydrogen-bond acceptors (Lipinski definition) is 8. The molecule has 0 spiro atoms. The van der Waals surface area contributed by atoms with Crippen LogP contribution in [0.3, 0.4) is 0 Å². The Morgan fingerprint density at radius 3 is 2.52 bits per heavy atom. The minimum absolute atomic E-state index is 0.000314. The molecule has 11 nitrogen and oxygen atoms in total. The van der Waals surface area contributed by atoms with E-state index in [9.17, 15) is 19.7 Å². The molecule has 0 bridgehead atoms. The maximum absolute atomic E-state index is 12.6. The van der Waals surface area contributed by atoms with Gasteiger partial charge in [0.1, 0.15) is 0 Å². The van der Waals surface area contributed by atoms with E-state index >= 15 is 0 Å². The molecular weight excluding hydrogens is 400 g/mol. The number of aryl methyl sites for hydroxylation is 2. The molecule has 0 unspecified atom stereocenters. The maximum atomic E-state index is 12.6. The Hall–Kier alpha value is -3.67. The van der Waals surface area contributed by atoms with Gasteiger partial charge in [0.2, 0.25) is 9.81 Å². The number of ether oxygens (including phenoxy) is 1. The normalized spacial score (nSPS) is 11.5. The molecule has 3 rings (SSSR count). The van der Waals surface area contributed by atoms with Gasteiger partial charge in [-0.1, -0.05) is 11.3 Å². The first kappa shape index (κ1) is 20.1. The molecule has 0 fully saturated rings. The van der Waals surface area contributed by atoms with Gasteiger partial charge in [-0.3, -0.25) is 19.6 Å². The van der Waals surface area contributed by atoms with Crippen molar-refractivity contribution in [1.82, 2.24) is 19.6 Å². The van der Waals surface area contributed by atoms with Gasteiger partial charge in [0.25, 0.3) is 11.6 Å². The van der Waals surface area contributed by atoms with Crippen LogP contribution in [0.15, 0.2) is 35.5 Å². The average molecular weight is 416 g/mol. The molecule has 1 amide bonds. The summed E-state index contributed by atoms with van der Waals surface area (Å²) in [6, 6.07) is 5.49. The van der Waals surface area contributed by atoms with Crippen LogP contribution in [0.5, 0.6) is 0 Å². The topological polar surface area (TPSA) is 135 Å². The molecule has 0 saturated heterocycles. The minimum Gasteiger partial charge on any atom is -0.461 e. The summed E-state index contributed by atoms with van der Waals surface area (Å²) >= 11 is 0.877. The van der Waals surface area contributed by atoms with Gasteiger partial charge in [-0.05, 0) is 26.0 Å². The Kier molecular flexibility index (Phi) is 5.64. The van der Waals surface area contributed by atoms with Crippen LogP contribution in [0.2, 0.25) is 0 Å². The number of rotatable bonds is 5. The number of nitro groups is 1. The van der Waals surface area contributed by atoms with Crippen molar-refractivity contribution < 1.29 is 19.2 Å². The molecule has 0 radical (unpaired) electrons. The number of carbonyl (C=O) groups is 2. The summed E-state index contributed by atoms with van der Waals surface area (Å²) in [5.41, 5.74) is 1.12. The Balaban J connectivity index is 2.11. The lowest BCUT2D eigenvalue weighted by atomic mass is 10.2. The molecule has 150 valence electrons. The lowest BCUT2D eigenvalue weighted by Crippen LogP contribution is -2.17. The van der Waals surface area contributed by atoms with Crippen molar-refractivity contribution >= 4 is 28.9 Å². The zero-order valence-corrected chi connectivity index (χ0v) is 16.5. The molecule has 12 heteroatoms. The number of nitrogens with zero attached hydrogens (tertiary/aromatic N) is 6. The molecule has 0 aliphatic rings. The van der Waals surface area contributed by atoms with Crippen LogP contribution in [-0.4, -0.2) is 43.0 Å². The van der Waals surface area contributed by atoms with Gasteiger partial charge >= 0.3 is 5.97 Å². The van der Waals surface area contributed by atoms with Crippen LogP contribution in [0, 0.1) is 17.0 Å². The monoisotopic (exact) mass is 416 g/mol. The van der Waals surface area contributed by atoms with Crippen molar-refractivity contribution in [3.63, 3.8) is 0 Å². The van der Waals surface area contributed by atoms with E-state index in [1.165, 1.54) is 33.6 Å². The highest BCUT2D eigenvalue weighted by molar-refractivity contribution is 7.10. The van der Waals surface area contributed by atoms with Gasteiger partial charge in [-0.15, -0.1) is 5.10 Å². The van der Waals surface area contributed by atoms with E-state index in [0.29, 0.717) is 16.9 Å². The van der Waals surface area contributed by atoms with E-state index in [1.54, 1.807) is 27.1 Å². The lowest BCUT2D eigenvalue weighted by molar-refractivity contribution is -0.384.